The van der Waals surface area contributed by atoms with Crippen LogP contribution in [0.2, 0.25) is 0 Å². The standard InChI is InChI=1S/C28H30N4O9/c1-12(11-33)7-18(28(39)40)31-26(37)19-9-15-20(22(35)24(41-2)23(36)21(15)34)25-30-17(27(38)32(19)25)8-13-10-29-16-6-4-3-5-14(13)16/h3-6,10,12,17-19,25,29-30,33,36H,7-9,11H2,1-2H3,(H,31,37)(H,39,40). The second-order valence-electron chi connectivity index (χ2n) is 10.5. The first kappa shape index (κ1) is 28.1. The number of hydrogen-bond acceptors (Lipinski definition) is 9. The van der Waals surface area contributed by atoms with Gasteiger partial charge in [-0.25, -0.2) is 4.79 Å². The summed E-state index contributed by atoms with van der Waals surface area (Å²) in [6.07, 6.45) is 0.267. The third-order valence-electron chi connectivity index (χ3n) is 7.85. The highest BCUT2D eigenvalue weighted by atomic mass is 16.5. The minimum absolute atomic E-state index is 0.0742. The summed E-state index contributed by atoms with van der Waals surface area (Å²) in [6, 6.07) is 3.89. The summed E-state index contributed by atoms with van der Waals surface area (Å²) in [7, 11) is 1.13. The van der Waals surface area contributed by atoms with Gasteiger partial charge >= 0.3 is 5.97 Å². The highest BCUT2D eigenvalue weighted by Crippen LogP contribution is 2.39. The van der Waals surface area contributed by atoms with Gasteiger partial charge in [0.25, 0.3) is 0 Å². The smallest absolute Gasteiger partial charge is 0.326 e. The topological polar surface area (TPSA) is 198 Å². The van der Waals surface area contributed by atoms with Crippen LogP contribution in [0.3, 0.4) is 0 Å². The number of hydrogen-bond donors (Lipinski definition) is 6. The van der Waals surface area contributed by atoms with E-state index in [9.17, 15) is 39.3 Å². The van der Waals surface area contributed by atoms with Crippen LogP contribution in [0, 0.1) is 5.92 Å². The first-order chi connectivity index (χ1) is 19.6. The molecule has 1 aromatic heterocycles. The lowest BCUT2D eigenvalue weighted by molar-refractivity contribution is -0.145. The number of ether oxygens (including phenoxy) is 1. The molecule has 0 radical (unpaired) electrons. The maximum atomic E-state index is 13.9. The summed E-state index contributed by atoms with van der Waals surface area (Å²) in [4.78, 5) is 70.1. The average molecular weight is 567 g/mol. The van der Waals surface area contributed by atoms with Crippen molar-refractivity contribution in [2.75, 3.05) is 13.7 Å². The molecule has 5 atom stereocenters. The van der Waals surface area contributed by atoms with Gasteiger partial charge in [0.15, 0.2) is 0 Å². The number of carboxylic acid groups (broad SMARTS) is 1. The largest absolute Gasteiger partial charge is 0.501 e. The highest BCUT2D eigenvalue weighted by Gasteiger charge is 2.55. The number of aliphatic carboxylic acids is 1. The fourth-order valence-electron chi connectivity index (χ4n) is 5.77. The van der Waals surface area contributed by atoms with E-state index in [-0.39, 0.29) is 30.6 Å². The van der Waals surface area contributed by atoms with Gasteiger partial charge in [-0.1, -0.05) is 25.1 Å². The number of nitrogens with zero attached hydrogens (tertiary/aromatic N) is 1. The van der Waals surface area contributed by atoms with Crippen molar-refractivity contribution >= 4 is 40.3 Å². The monoisotopic (exact) mass is 566 g/mol. The number of aromatic nitrogens is 1. The summed E-state index contributed by atoms with van der Waals surface area (Å²) >= 11 is 0. The van der Waals surface area contributed by atoms with Gasteiger partial charge in [-0.2, -0.15) is 0 Å². The molecule has 3 heterocycles. The number of aliphatic hydroxyl groups is 2. The van der Waals surface area contributed by atoms with Crippen LogP contribution in [0.4, 0.5) is 0 Å². The predicted molar refractivity (Wildman–Crippen MR) is 142 cm³/mol. The van der Waals surface area contributed by atoms with E-state index >= 15 is 0 Å². The zero-order valence-corrected chi connectivity index (χ0v) is 22.3. The van der Waals surface area contributed by atoms with E-state index in [1.807, 2.05) is 24.3 Å². The molecule has 2 aliphatic heterocycles. The van der Waals surface area contributed by atoms with Crippen LogP contribution in [-0.4, -0.2) is 92.6 Å². The number of benzene rings is 1. The number of carbonyl (C=O) groups excluding carboxylic acids is 4. The van der Waals surface area contributed by atoms with Gasteiger partial charge in [-0.05, 0) is 30.4 Å². The Bertz CT molecular complexity index is 1520. The Hall–Kier alpha value is -4.49. The van der Waals surface area contributed by atoms with E-state index in [4.69, 9.17) is 4.74 Å². The number of methoxy groups -OCH3 is 1. The third-order valence-corrected chi connectivity index (χ3v) is 7.85. The van der Waals surface area contributed by atoms with Gasteiger partial charge in [0, 0.05) is 41.3 Å². The van der Waals surface area contributed by atoms with Crippen LogP contribution < -0.4 is 10.6 Å². The van der Waals surface area contributed by atoms with E-state index in [1.165, 1.54) is 4.90 Å². The minimum Gasteiger partial charge on any atom is -0.501 e. The summed E-state index contributed by atoms with van der Waals surface area (Å²) in [5, 5.41) is 35.8. The van der Waals surface area contributed by atoms with Crippen LogP contribution >= 0.6 is 0 Å². The number of nitrogens with one attached hydrogen (secondary N) is 3. The lowest BCUT2D eigenvalue weighted by Crippen LogP contribution is -2.59. The zero-order chi connectivity index (χ0) is 29.6. The van der Waals surface area contributed by atoms with E-state index in [2.05, 4.69) is 15.6 Å². The molecule has 3 aliphatic rings. The summed E-state index contributed by atoms with van der Waals surface area (Å²) in [5.74, 6) is -6.29. The third kappa shape index (κ3) is 4.76. The summed E-state index contributed by atoms with van der Waals surface area (Å²) in [6.45, 7) is 1.32. The van der Waals surface area contributed by atoms with Crippen LogP contribution in [0.25, 0.3) is 10.9 Å². The Labute approximate surface area is 233 Å². The number of para-hydroxylation sites is 1. The first-order valence-corrected chi connectivity index (χ1v) is 13.1. The first-order valence-electron chi connectivity index (χ1n) is 13.1. The molecule has 5 unspecified atom stereocenters. The number of carbonyl (C=O) groups is 5. The highest BCUT2D eigenvalue weighted by molar-refractivity contribution is 6.25. The van der Waals surface area contributed by atoms with Gasteiger partial charge < -0.3 is 35.3 Å². The van der Waals surface area contributed by atoms with E-state index in [0.717, 1.165) is 23.6 Å². The zero-order valence-electron chi connectivity index (χ0n) is 22.3. The van der Waals surface area contributed by atoms with Crippen molar-refractivity contribution in [3.05, 3.63) is 58.7 Å². The molecule has 1 aliphatic carbocycles. The van der Waals surface area contributed by atoms with Crippen molar-refractivity contribution in [3.8, 4) is 0 Å². The number of aromatic amines is 1. The molecule has 0 saturated carbocycles. The Kier molecular flexibility index (Phi) is 7.41. The van der Waals surface area contributed by atoms with E-state index < -0.39 is 77.5 Å². The van der Waals surface area contributed by atoms with E-state index in [1.54, 1.807) is 13.1 Å². The van der Waals surface area contributed by atoms with Crippen LogP contribution in [0.5, 0.6) is 0 Å². The second-order valence-corrected chi connectivity index (χ2v) is 10.5. The van der Waals surface area contributed by atoms with Gasteiger partial charge in [0.2, 0.25) is 34.9 Å². The molecule has 6 N–H and O–H groups in total. The van der Waals surface area contributed by atoms with Crippen molar-refractivity contribution in [1.29, 1.82) is 0 Å². The predicted octanol–water partition coefficient (Wildman–Crippen LogP) is 0.0615. The quantitative estimate of drug-likeness (QED) is 0.226. The molecule has 1 fully saturated rings. The molecule has 0 spiro atoms. The van der Waals surface area contributed by atoms with Crippen LogP contribution in [0.15, 0.2) is 53.1 Å². The number of Topliss-reactive ketones (excluding diaryl/α,β-unsaturated/α-hetero) is 2. The Morgan fingerprint density at radius 3 is 2.61 bits per heavy atom. The molecule has 1 aromatic carbocycles. The van der Waals surface area contributed by atoms with Gasteiger partial charge in [0.1, 0.15) is 18.2 Å². The normalized spacial score (nSPS) is 23.9. The number of allylic oxidation sites excluding steroid dienone is 2. The van der Waals surface area contributed by atoms with Crippen molar-refractivity contribution < 1.29 is 44.0 Å². The van der Waals surface area contributed by atoms with Crippen LogP contribution in [0.1, 0.15) is 25.3 Å². The fourth-order valence-corrected chi connectivity index (χ4v) is 5.77. The lowest BCUT2D eigenvalue weighted by atomic mass is 9.82. The van der Waals surface area contributed by atoms with Crippen molar-refractivity contribution in [2.45, 2.75) is 50.5 Å². The molecular formula is C28H30N4O9. The molecule has 216 valence electrons. The number of aliphatic hydroxyl groups excluding tert-OH is 2. The maximum absolute atomic E-state index is 13.9. The molecule has 2 aromatic rings. The Morgan fingerprint density at radius 1 is 1.20 bits per heavy atom. The molecule has 5 rings (SSSR count). The lowest BCUT2D eigenvalue weighted by Gasteiger charge is -2.39. The second kappa shape index (κ2) is 10.8. The molecular weight excluding hydrogens is 536 g/mol. The number of carboxylic acids is 1. The molecule has 13 nitrogen and oxygen atoms in total. The number of amides is 2. The van der Waals surface area contributed by atoms with Gasteiger partial charge in [0.05, 0.1) is 13.2 Å². The maximum Gasteiger partial charge on any atom is 0.326 e. The van der Waals surface area contributed by atoms with Crippen molar-refractivity contribution in [2.24, 2.45) is 5.92 Å². The molecule has 2 amide bonds. The Morgan fingerprint density at radius 2 is 1.93 bits per heavy atom. The fraction of sp³-hybridized carbons (Fsp3) is 0.393. The SMILES string of the molecule is COC1=C(O)C(=O)C2=C(C1=O)C1NC(Cc3c[nH]c4ccccc34)C(=O)N1C(C(=O)NC(CC(C)CO)C(=O)O)C2. The molecule has 41 heavy (non-hydrogen) atoms. The van der Waals surface area contributed by atoms with Gasteiger partial charge in [-0.15, -0.1) is 0 Å². The number of rotatable bonds is 9. The summed E-state index contributed by atoms with van der Waals surface area (Å²) in [5.41, 5.74) is 1.42. The average Bonchev–Trinajstić information content (AvgIpc) is 3.51. The van der Waals surface area contributed by atoms with Crippen LogP contribution in [-0.2, 0) is 35.1 Å². The molecule has 1 saturated heterocycles. The number of ketones is 2. The van der Waals surface area contributed by atoms with E-state index in [0.29, 0.717) is 0 Å². The minimum atomic E-state index is -1.37. The summed E-state index contributed by atoms with van der Waals surface area (Å²) < 4.78 is 5.00. The number of H-pyrrole nitrogens is 1. The number of fused-ring (bicyclic) bond motifs is 3. The molecule has 13 heteroatoms. The van der Waals surface area contributed by atoms with Crippen molar-refractivity contribution in [1.82, 2.24) is 20.5 Å². The molecule has 0 bridgehead atoms. The Balaban J connectivity index is 1.51. The van der Waals surface area contributed by atoms with Crippen molar-refractivity contribution in [3.63, 3.8) is 0 Å². The van der Waals surface area contributed by atoms with Gasteiger partial charge in [-0.3, -0.25) is 24.5 Å².